The Kier molecular flexibility index (Phi) is 48.7. The normalized spacial score (nSPS) is 13.4. The van der Waals surface area contributed by atoms with Gasteiger partial charge in [0.1, 0.15) is 13.2 Å². The smallest absolute Gasteiger partial charge is 0.306 e. The predicted molar refractivity (Wildman–Crippen MR) is 283 cm³/mol. The number of carbonyl (C=O) groups is 3. The minimum Gasteiger partial charge on any atom is -0.462 e. The van der Waals surface area contributed by atoms with Gasteiger partial charge in [-0.1, -0.05) is 211 Å². The van der Waals surface area contributed by atoms with Crippen LogP contribution in [0, 0.1) is 0 Å². The first-order valence-electron chi connectivity index (χ1n) is 25.5. The Bertz CT molecular complexity index is 1560. The first-order chi connectivity index (χ1) is 32.5. The maximum absolute atomic E-state index is 12.8. The molecule has 6 heteroatoms. The van der Waals surface area contributed by atoms with Crippen molar-refractivity contribution < 1.29 is 28.6 Å². The van der Waals surface area contributed by atoms with Crippen molar-refractivity contribution in [2.45, 2.75) is 187 Å². The van der Waals surface area contributed by atoms with E-state index in [1.807, 2.05) is 48.6 Å². The van der Waals surface area contributed by atoms with Crippen LogP contribution in [0.15, 0.2) is 158 Å². The summed E-state index contributed by atoms with van der Waals surface area (Å²) in [4.78, 5) is 38.0. The Hall–Kier alpha value is -4.97. The lowest BCUT2D eigenvalue weighted by atomic mass is 10.1. The highest BCUT2D eigenvalue weighted by atomic mass is 16.6. The SMILES string of the molecule is CC\C=C/C=C\C=C/C=C\CCCCCC(=O)OCC(COC(=O)CC/C=C\C/C=C\C/C=C\C/C=C\C/C=C\C/C=C\CC)OC(=O)CCCCCCCC/C=C\C/C=C\C/C=C\CC. The average molecular weight is 907 g/mol. The van der Waals surface area contributed by atoms with E-state index in [2.05, 4.69) is 130 Å². The topological polar surface area (TPSA) is 78.9 Å². The monoisotopic (exact) mass is 907 g/mol. The summed E-state index contributed by atoms with van der Waals surface area (Å²) in [6.45, 7) is 6.13. The van der Waals surface area contributed by atoms with Crippen LogP contribution in [0.4, 0.5) is 0 Å². The maximum Gasteiger partial charge on any atom is 0.306 e. The summed E-state index contributed by atoms with van der Waals surface area (Å²) in [6, 6.07) is 0. The third-order valence-electron chi connectivity index (χ3n) is 9.87. The molecule has 0 N–H and O–H groups in total. The van der Waals surface area contributed by atoms with Crippen molar-refractivity contribution in [1.82, 2.24) is 0 Å². The molecule has 0 bridgehead atoms. The molecule has 0 aliphatic heterocycles. The molecule has 0 fully saturated rings. The number of unbranched alkanes of at least 4 members (excludes halogenated alkanes) is 9. The van der Waals surface area contributed by atoms with Crippen LogP contribution in [0.25, 0.3) is 0 Å². The fourth-order valence-electron chi connectivity index (χ4n) is 6.14. The van der Waals surface area contributed by atoms with E-state index in [4.69, 9.17) is 14.2 Å². The summed E-state index contributed by atoms with van der Waals surface area (Å²) < 4.78 is 16.7. The Morgan fingerprint density at radius 2 is 0.652 bits per heavy atom. The molecule has 1 atom stereocenters. The van der Waals surface area contributed by atoms with Crippen molar-refractivity contribution in [1.29, 1.82) is 0 Å². The van der Waals surface area contributed by atoms with Crippen LogP contribution < -0.4 is 0 Å². The second kappa shape index (κ2) is 52.7. The van der Waals surface area contributed by atoms with Crippen LogP contribution in [0.3, 0.4) is 0 Å². The molecule has 0 saturated carbocycles. The molecular weight excluding hydrogens is 817 g/mol. The van der Waals surface area contributed by atoms with Gasteiger partial charge >= 0.3 is 17.9 Å². The van der Waals surface area contributed by atoms with Crippen molar-refractivity contribution in [3.05, 3.63) is 158 Å². The van der Waals surface area contributed by atoms with Gasteiger partial charge in [0, 0.05) is 19.3 Å². The Morgan fingerprint density at radius 1 is 0.318 bits per heavy atom. The standard InChI is InChI=1S/C60H90O6/c1-4-7-10-13-16-19-22-25-27-29-30-31-33-35-38-41-44-47-50-53-59(62)65-56-57(55-64-58(61)52-49-46-43-40-37-34-24-21-18-15-12-9-6-3)66-60(63)54-51-48-45-42-39-36-32-28-26-23-20-17-14-11-8-5-2/h7-12,15-21,24-28,30-31,34-35,37-38,44,47,57H,4-6,13-14,22-23,29,32-33,36,39-43,45-46,48-56H2,1-3H3/b10-7-,11-8-,12-9-,18-15-,19-16-,20-17-,24-21-,27-25-,28-26-,31-30-,37-34-,38-35-,47-44-. The zero-order valence-electron chi connectivity index (χ0n) is 41.6. The molecule has 0 radical (unpaired) electrons. The minimum atomic E-state index is -0.839. The highest BCUT2D eigenvalue weighted by Crippen LogP contribution is 2.12. The lowest BCUT2D eigenvalue weighted by molar-refractivity contribution is -0.166. The molecule has 366 valence electrons. The number of carbonyl (C=O) groups excluding carboxylic acids is 3. The van der Waals surface area contributed by atoms with Crippen molar-refractivity contribution >= 4 is 17.9 Å². The summed E-state index contributed by atoms with van der Waals surface area (Å²) in [5.41, 5.74) is 0. The number of esters is 3. The second-order valence-electron chi connectivity index (χ2n) is 16.0. The lowest BCUT2D eigenvalue weighted by Crippen LogP contribution is -2.30. The molecule has 66 heavy (non-hydrogen) atoms. The van der Waals surface area contributed by atoms with E-state index in [9.17, 15) is 14.4 Å². The molecule has 0 heterocycles. The molecular formula is C60H90O6. The first kappa shape index (κ1) is 61.0. The molecule has 0 spiro atoms. The predicted octanol–water partition coefficient (Wildman–Crippen LogP) is 17.0. The van der Waals surface area contributed by atoms with Gasteiger partial charge in [-0.25, -0.2) is 0 Å². The Morgan fingerprint density at radius 3 is 1.14 bits per heavy atom. The zero-order chi connectivity index (χ0) is 47.9. The van der Waals surface area contributed by atoms with E-state index in [1.165, 1.54) is 12.8 Å². The van der Waals surface area contributed by atoms with E-state index in [0.29, 0.717) is 6.42 Å². The van der Waals surface area contributed by atoms with Crippen LogP contribution in [0.1, 0.15) is 181 Å². The van der Waals surface area contributed by atoms with Crippen LogP contribution in [-0.2, 0) is 28.6 Å². The second-order valence-corrected chi connectivity index (χ2v) is 16.0. The van der Waals surface area contributed by atoms with Crippen LogP contribution in [-0.4, -0.2) is 37.2 Å². The highest BCUT2D eigenvalue weighted by Gasteiger charge is 2.19. The zero-order valence-corrected chi connectivity index (χ0v) is 41.6. The summed E-state index contributed by atoms with van der Waals surface area (Å²) in [6.07, 6.45) is 76.7. The van der Waals surface area contributed by atoms with Crippen molar-refractivity contribution in [3.63, 3.8) is 0 Å². The van der Waals surface area contributed by atoms with E-state index in [0.717, 1.165) is 122 Å². The van der Waals surface area contributed by atoms with Crippen LogP contribution >= 0.6 is 0 Å². The average Bonchev–Trinajstić information content (AvgIpc) is 3.31. The molecule has 0 aromatic carbocycles. The first-order valence-corrected chi connectivity index (χ1v) is 25.5. The third-order valence-corrected chi connectivity index (χ3v) is 9.87. The van der Waals surface area contributed by atoms with Crippen molar-refractivity contribution in [3.8, 4) is 0 Å². The molecule has 1 unspecified atom stereocenters. The van der Waals surface area contributed by atoms with Gasteiger partial charge in [0.2, 0.25) is 0 Å². The van der Waals surface area contributed by atoms with Crippen LogP contribution in [0.5, 0.6) is 0 Å². The summed E-state index contributed by atoms with van der Waals surface area (Å²) in [5.74, 6) is -1.09. The number of allylic oxidation sites excluding steroid dienone is 26. The van der Waals surface area contributed by atoms with Gasteiger partial charge in [0.15, 0.2) is 6.10 Å². The Labute approximate surface area is 403 Å². The van der Waals surface area contributed by atoms with Gasteiger partial charge in [-0.2, -0.15) is 0 Å². The molecule has 0 aliphatic carbocycles. The number of ether oxygens (including phenoxy) is 3. The fraction of sp³-hybridized carbons (Fsp3) is 0.517. The lowest BCUT2D eigenvalue weighted by Gasteiger charge is -2.18. The molecule has 6 nitrogen and oxygen atoms in total. The molecule has 0 amide bonds. The Balaban J connectivity index is 4.61. The van der Waals surface area contributed by atoms with Gasteiger partial charge in [0.25, 0.3) is 0 Å². The number of hydrogen-bond donors (Lipinski definition) is 0. The molecule has 0 rings (SSSR count). The summed E-state index contributed by atoms with van der Waals surface area (Å²) in [5, 5.41) is 0. The maximum atomic E-state index is 12.8. The molecule has 0 saturated heterocycles. The van der Waals surface area contributed by atoms with Gasteiger partial charge < -0.3 is 14.2 Å². The molecule has 0 aromatic rings. The van der Waals surface area contributed by atoms with E-state index in [1.54, 1.807) is 0 Å². The minimum absolute atomic E-state index is 0.135. The molecule has 0 aliphatic rings. The molecule has 0 aromatic heterocycles. The van der Waals surface area contributed by atoms with E-state index >= 15 is 0 Å². The van der Waals surface area contributed by atoms with Crippen molar-refractivity contribution in [2.24, 2.45) is 0 Å². The largest absolute Gasteiger partial charge is 0.462 e. The summed E-state index contributed by atoms with van der Waals surface area (Å²) >= 11 is 0. The summed E-state index contributed by atoms with van der Waals surface area (Å²) in [7, 11) is 0. The highest BCUT2D eigenvalue weighted by molar-refractivity contribution is 5.71. The van der Waals surface area contributed by atoms with Gasteiger partial charge in [-0.3, -0.25) is 14.4 Å². The van der Waals surface area contributed by atoms with E-state index < -0.39 is 6.10 Å². The quantitative estimate of drug-likeness (QED) is 0.0199. The van der Waals surface area contributed by atoms with Crippen molar-refractivity contribution in [2.75, 3.05) is 13.2 Å². The van der Waals surface area contributed by atoms with Gasteiger partial charge in [0.05, 0.1) is 0 Å². The van der Waals surface area contributed by atoms with Crippen LogP contribution in [0.2, 0.25) is 0 Å². The number of hydrogen-bond acceptors (Lipinski definition) is 6. The van der Waals surface area contributed by atoms with Gasteiger partial charge in [-0.15, -0.1) is 0 Å². The van der Waals surface area contributed by atoms with Gasteiger partial charge in [-0.05, 0) is 109 Å². The fourth-order valence-corrected chi connectivity index (χ4v) is 6.14. The van der Waals surface area contributed by atoms with E-state index in [-0.39, 0.29) is 50.4 Å². The third kappa shape index (κ3) is 50.0. The number of rotatable bonds is 43.